The summed E-state index contributed by atoms with van der Waals surface area (Å²) in [7, 11) is 0. The Hall–Kier alpha value is -4.26. The van der Waals surface area contributed by atoms with Crippen LogP contribution < -0.4 is 11.3 Å². The Morgan fingerprint density at radius 3 is 1.74 bits per heavy atom. The molecule has 1 aliphatic heterocycles. The molecule has 0 amide bonds. The van der Waals surface area contributed by atoms with Crippen LogP contribution in [0.25, 0.3) is 43.5 Å². The van der Waals surface area contributed by atoms with Crippen molar-refractivity contribution in [2.75, 3.05) is 13.2 Å². The molecule has 0 spiro atoms. The fourth-order valence-corrected chi connectivity index (χ4v) is 6.03. The van der Waals surface area contributed by atoms with Crippen LogP contribution in [0.1, 0.15) is 24.0 Å². The van der Waals surface area contributed by atoms with Crippen molar-refractivity contribution in [3.63, 3.8) is 0 Å². The Balaban J connectivity index is 1.37. The summed E-state index contributed by atoms with van der Waals surface area (Å²) in [6, 6.07) is 27.2. The summed E-state index contributed by atoms with van der Waals surface area (Å²) in [4.78, 5) is 27.5. The molecule has 2 aromatic heterocycles. The minimum absolute atomic E-state index is 0.0938. The van der Waals surface area contributed by atoms with Gasteiger partial charge < -0.3 is 13.6 Å². The maximum atomic E-state index is 12.6. The second kappa shape index (κ2) is 9.80. The monoisotopic (exact) mass is 517 g/mol. The second-order valence-corrected chi connectivity index (χ2v) is 10.3. The molecule has 0 N–H and O–H groups in total. The Labute approximate surface area is 224 Å². The minimum atomic E-state index is -0.373. The number of rotatable bonds is 6. The van der Waals surface area contributed by atoms with E-state index in [0.717, 1.165) is 62.9 Å². The van der Waals surface area contributed by atoms with Crippen LogP contribution in [0.4, 0.5) is 0 Å². The first-order chi connectivity index (χ1) is 19.1. The van der Waals surface area contributed by atoms with Crippen molar-refractivity contribution < 1.29 is 13.6 Å². The lowest BCUT2D eigenvalue weighted by Crippen LogP contribution is -2.32. The normalized spacial score (nSPS) is 15.8. The zero-order valence-electron chi connectivity index (χ0n) is 21.4. The van der Waals surface area contributed by atoms with Crippen LogP contribution in [-0.4, -0.2) is 24.2 Å². The summed E-state index contributed by atoms with van der Waals surface area (Å²) in [5, 5.41) is 6.14. The number of nitrogens with zero attached hydrogens (tertiary/aromatic N) is 1. The summed E-state index contributed by atoms with van der Waals surface area (Å²) in [6.45, 7) is 2.44. The molecular formula is C33H27NO5. The van der Waals surface area contributed by atoms with E-state index in [-0.39, 0.29) is 17.4 Å². The van der Waals surface area contributed by atoms with Gasteiger partial charge in [0.15, 0.2) is 0 Å². The third-order valence-corrected chi connectivity index (χ3v) is 7.70. The zero-order valence-corrected chi connectivity index (χ0v) is 21.4. The van der Waals surface area contributed by atoms with Crippen molar-refractivity contribution in [2.45, 2.75) is 32.0 Å². The van der Waals surface area contributed by atoms with E-state index in [2.05, 4.69) is 29.2 Å². The van der Waals surface area contributed by atoms with E-state index in [1.807, 2.05) is 48.5 Å². The molecule has 1 unspecified atom stereocenters. The standard InChI is InChI=1S/C33H27NO5/c35-30-16-23(32-26-9-3-1-6-21(26)11-13-28(32)38-30)18-34(20-25-8-5-15-37-25)19-24-17-31(36)39-29-14-12-22-7-2-4-10-27(22)33(24)29/h1-4,6-7,9-14,16-17,25H,5,8,15,18-20H2. The average Bonchev–Trinajstić information content (AvgIpc) is 3.45. The molecule has 0 saturated carbocycles. The first kappa shape index (κ1) is 23.8. The quantitative estimate of drug-likeness (QED) is 0.188. The SMILES string of the molecule is O=c1cc(CN(Cc2cc(=O)oc3ccc4ccccc4c23)CC2CCCO2)c2c(ccc3ccccc32)o1. The Kier molecular flexibility index (Phi) is 5.99. The van der Waals surface area contributed by atoms with Gasteiger partial charge in [-0.1, -0.05) is 60.7 Å². The van der Waals surface area contributed by atoms with Gasteiger partial charge in [0.25, 0.3) is 0 Å². The molecule has 1 aliphatic rings. The molecule has 1 atom stereocenters. The molecule has 39 heavy (non-hydrogen) atoms. The van der Waals surface area contributed by atoms with Crippen LogP contribution in [0, 0.1) is 0 Å². The zero-order chi connectivity index (χ0) is 26.3. The van der Waals surface area contributed by atoms with Crippen molar-refractivity contribution in [1.29, 1.82) is 0 Å². The number of benzene rings is 4. The summed E-state index contributed by atoms with van der Waals surface area (Å²) in [6.07, 6.45) is 2.11. The summed E-state index contributed by atoms with van der Waals surface area (Å²) in [5.74, 6) is 0. The molecule has 0 aliphatic carbocycles. The third kappa shape index (κ3) is 4.52. The van der Waals surface area contributed by atoms with Crippen molar-refractivity contribution in [3.8, 4) is 0 Å². The lowest BCUT2D eigenvalue weighted by atomic mass is 10.00. The largest absolute Gasteiger partial charge is 0.423 e. The Morgan fingerprint density at radius 2 is 1.23 bits per heavy atom. The highest BCUT2D eigenvalue weighted by atomic mass is 16.5. The van der Waals surface area contributed by atoms with Gasteiger partial charge in [-0.2, -0.15) is 0 Å². The van der Waals surface area contributed by atoms with E-state index >= 15 is 0 Å². The molecule has 3 heterocycles. The van der Waals surface area contributed by atoms with Crippen molar-refractivity contribution in [1.82, 2.24) is 4.90 Å². The van der Waals surface area contributed by atoms with Crippen LogP contribution in [0.15, 0.2) is 103 Å². The van der Waals surface area contributed by atoms with Crippen molar-refractivity contribution >= 4 is 43.5 Å². The van der Waals surface area contributed by atoms with Gasteiger partial charge in [-0.05, 0) is 57.6 Å². The molecule has 194 valence electrons. The molecule has 4 aromatic carbocycles. The van der Waals surface area contributed by atoms with E-state index < -0.39 is 0 Å². The average molecular weight is 518 g/mol. The maximum absolute atomic E-state index is 12.6. The molecule has 6 heteroatoms. The van der Waals surface area contributed by atoms with Gasteiger partial charge in [-0.25, -0.2) is 9.59 Å². The molecule has 1 fully saturated rings. The van der Waals surface area contributed by atoms with Gasteiger partial charge in [-0.15, -0.1) is 0 Å². The van der Waals surface area contributed by atoms with Gasteiger partial charge >= 0.3 is 11.3 Å². The van der Waals surface area contributed by atoms with Crippen LogP contribution in [0.3, 0.4) is 0 Å². The van der Waals surface area contributed by atoms with Crippen molar-refractivity contribution in [3.05, 3.63) is 117 Å². The number of hydrogen-bond donors (Lipinski definition) is 0. The minimum Gasteiger partial charge on any atom is -0.423 e. The van der Waals surface area contributed by atoms with Crippen LogP contribution in [0.2, 0.25) is 0 Å². The molecule has 1 saturated heterocycles. The lowest BCUT2D eigenvalue weighted by molar-refractivity contribution is 0.0681. The first-order valence-corrected chi connectivity index (χ1v) is 13.4. The van der Waals surface area contributed by atoms with Crippen LogP contribution in [-0.2, 0) is 17.8 Å². The van der Waals surface area contributed by atoms with Crippen LogP contribution in [0.5, 0.6) is 0 Å². The van der Waals surface area contributed by atoms with Crippen LogP contribution >= 0.6 is 0 Å². The second-order valence-electron chi connectivity index (χ2n) is 10.3. The highest BCUT2D eigenvalue weighted by molar-refractivity contribution is 6.08. The summed E-state index contributed by atoms with van der Waals surface area (Å²) < 4.78 is 17.2. The van der Waals surface area contributed by atoms with E-state index in [4.69, 9.17) is 13.6 Å². The fraction of sp³-hybridized carbons (Fsp3) is 0.212. The topological polar surface area (TPSA) is 72.9 Å². The predicted molar refractivity (Wildman–Crippen MR) is 153 cm³/mol. The lowest BCUT2D eigenvalue weighted by Gasteiger charge is -2.26. The third-order valence-electron chi connectivity index (χ3n) is 7.70. The van der Waals surface area contributed by atoms with E-state index in [1.165, 1.54) is 0 Å². The fourth-order valence-electron chi connectivity index (χ4n) is 6.03. The smallest absolute Gasteiger partial charge is 0.336 e. The highest BCUT2D eigenvalue weighted by Crippen LogP contribution is 2.31. The molecular weight excluding hydrogens is 490 g/mol. The number of ether oxygens (including phenoxy) is 1. The number of fused-ring (bicyclic) bond motifs is 6. The van der Waals surface area contributed by atoms with Crippen molar-refractivity contribution in [2.24, 2.45) is 0 Å². The van der Waals surface area contributed by atoms with E-state index in [1.54, 1.807) is 12.1 Å². The number of hydrogen-bond acceptors (Lipinski definition) is 6. The highest BCUT2D eigenvalue weighted by Gasteiger charge is 2.22. The van der Waals surface area contributed by atoms with Gasteiger partial charge in [0.05, 0.1) is 6.10 Å². The molecule has 0 radical (unpaired) electrons. The van der Waals surface area contributed by atoms with Gasteiger partial charge in [0, 0.05) is 49.1 Å². The maximum Gasteiger partial charge on any atom is 0.336 e. The van der Waals surface area contributed by atoms with Gasteiger partial charge in [0.1, 0.15) is 11.2 Å². The summed E-state index contributed by atoms with van der Waals surface area (Å²) >= 11 is 0. The molecule has 6 nitrogen and oxygen atoms in total. The Morgan fingerprint density at radius 1 is 0.692 bits per heavy atom. The summed E-state index contributed by atoms with van der Waals surface area (Å²) in [5.41, 5.74) is 2.19. The molecule has 6 aromatic rings. The van der Waals surface area contributed by atoms with E-state index in [9.17, 15) is 9.59 Å². The molecule has 0 bridgehead atoms. The molecule has 7 rings (SSSR count). The van der Waals surface area contributed by atoms with E-state index in [0.29, 0.717) is 30.8 Å². The Bertz CT molecular complexity index is 1830. The predicted octanol–water partition coefficient (Wildman–Crippen LogP) is 6.39. The van der Waals surface area contributed by atoms with Gasteiger partial charge in [0.2, 0.25) is 0 Å². The first-order valence-electron chi connectivity index (χ1n) is 13.4. The van der Waals surface area contributed by atoms with Gasteiger partial charge in [-0.3, -0.25) is 4.90 Å².